The number of ether oxygens (including phenoxy) is 2. The van der Waals surface area contributed by atoms with Crippen molar-refractivity contribution in [3.05, 3.63) is 81.8 Å². The first-order chi connectivity index (χ1) is 17.1. The molecule has 3 rings (SSSR count). The summed E-state index contributed by atoms with van der Waals surface area (Å²) in [6, 6.07) is 14.9. The Morgan fingerprint density at radius 2 is 1.69 bits per heavy atom. The van der Waals surface area contributed by atoms with Gasteiger partial charge in [0.2, 0.25) is 5.91 Å². The molecule has 8 nitrogen and oxygen atoms in total. The van der Waals surface area contributed by atoms with E-state index in [2.05, 4.69) is 5.32 Å². The monoisotopic (exact) mass is 550 g/mol. The van der Waals surface area contributed by atoms with Crippen molar-refractivity contribution in [2.45, 2.75) is 18.7 Å². The molecule has 0 saturated heterocycles. The van der Waals surface area contributed by atoms with Crippen LogP contribution in [0.4, 0.5) is 11.4 Å². The summed E-state index contributed by atoms with van der Waals surface area (Å²) < 4.78 is 38.5. The standard InChI is InChI=1S/C25H24Cl2N2O6S/c1-4-35-25(31)17-7-11-21(20(27)13-17)28-24(30)15-29(22-14-18(26)8-12-23(22)34-3)36(32,33)19-9-5-16(2)6-10-19/h5-14H,4,15H2,1-3H3,(H,28,30). The molecular formula is C25H24Cl2N2O6S. The van der Waals surface area contributed by atoms with Gasteiger partial charge in [0, 0.05) is 5.02 Å². The van der Waals surface area contributed by atoms with Gasteiger partial charge in [0.25, 0.3) is 10.0 Å². The van der Waals surface area contributed by atoms with E-state index >= 15 is 0 Å². The average Bonchev–Trinajstić information content (AvgIpc) is 2.84. The Kier molecular flexibility index (Phi) is 8.84. The van der Waals surface area contributed by atoms with E-state index in [1.165, 1.54) is 49.6 Å². The van der Waals surface area contributed by atoms with Crippen LogP contribution in [0.5, 0.6) is 5.75 Å². The van der Waals surface area contributed by atoms with Crippen molar-refractivity contribution in [2.75, 3.05) is 29.9 Å². The highest BCUT2D eigenvalue weighted by Gasteiger charge is 2.30. The number of rotatable bonds is 9. The number of hydrogen-bond acceptors (Lipinski definition) is 6. The summed E-state index contributed by atoms with van der Waals surface area (Å²) in [7, 11) is -2.82. The van der Waals surface area contributed by atoms with Gasteiger partial charge in [-0.05, 0) is 62.4 Å². The predicted octanol–water partition coefficient (Wildman–Crippen LogP) is 5.32. The summed E-state index contributed by atoms with van der Waals surface area (Å²) in [5.74, 6) is -1.03. The maximum absolute atomic E-state index is 13.6. The number of benzene rings is 3. The van der Waals surface area contributed by atoms with Gasteiger partial charge >= 0.3 is 5.97 Å². The fourth-order valence-electron chi connectivity index (χ4n) is 3.27. The number of amides is 1. The van der Waals surface area contributed by atoms with Crippen molar-refractivity contribution in [1.82, 2.24) is 0 Å². The predicted molar refractivity (Wildman–Crippen MR) is 140 cm³/mol. The third kappa shape index (κ3) is 6.29. The molecule has 0 aliphatic carbocycles. The third-order valence-corrected chi connectivity index (χ3v) is 7.38. The van der Waals surface area contributed by atoms with Crippen LogP contribution in [0.1, 0.15) is 22.8 Å². The van der Waals surface area contributed by atoms with Gasteiger partial charge in [-0.2, -0.15) is 0 Å². The highest BCUT2D eigenvalue weighted by atomic mass is 35.5. The first kappa shape index (κ1) is 27.3. The Morgan fingerprint density at radius 3 is 2.31 bits per heavy atom. The quantitative estimate of drug-likeness (QED) is 0.361. The first-order valence-electron chi connectivity index (χ1n) is 10.8. The maximum Gasteiger partial charge on any atom is 0.338 e. The molecule has 11 heteroatoms. The number of nitrogens with one attached hydrogen (secondary N) is 1. The molecular weight excluding hydrogens is 527 g/mol. The minimum absolute atomic E-state index is 0.0141. The van der Waals surface area contributed by atoms with Crippen LogP contribution in [0.3, 0.4) is 0 Å². The molecule has 0 spiro atoms. The Hall–Kier alpha value is -3.27. The van der Waals surface area contributed by atoms with Crippen molar-refractivity contribution < 1.29 is 27.5 Å². The molecule has 0 radical (unpaired) electrons. The summed E-state index contributed by atoms with van der Waals surface area (Å²) in [5.41, 5.74) is 1.37. The van der Waals surface area contributed by atoms with Crippen LogP contribution in [-0.4, -0.2) is 40.6 Å². The first-order valence-corrected chi connectivity index (χ1v) is 13.0. The maximum atomic E-state index is 13.6. The van der Waals surface area contributed by atoms with Crippen molar-refractivity contribution in [3.8, 4) is 5.75 Å². The minimum atomic E-state index is -4.20. The Balaban J connectivity index is 1.96. The van der Waals surface area contributed by atoms with Gasteiger partial charge in [-0.25, -0.2) is 13.2 Å². The van der Waals surface area contributed by atoms with Crippen LogP contribution in [0.2, 0.25) is 10.0 Å². The molecule has 190 valence electrons. The van der Waals surface area contributed by atoms with Crippen LogP contribution < -0.4 is 14.4 Å². The number of hydrogen-bond donors (Lipinski definition) is 1. The van der Waals surface area contributed by atoms with Gasteiger partial charge in [0.1, 0.15) is 12.3 Å². The lowest BCUT2D eigenvalue weighted by Gasteiger charge is -2.26. The largest absolute Gasteiger partial charge is 0.495 e. The van der Waals surface area contributed by atoms with Crippen molar-refractivity contribution in [3.63, 3.8) is 0 Å². The number of sulfonamides is 1. The molecule has 0 bridgehead atoms. The van der Waals surface area contributed by atoms with Gasteiger partial charge in [-0.3, -0.25) is 9.10 Å². The van der Waals surface area contributed by atoms with Crippen LogP contribution >= 0.6 is 23.2 Å². The second-order valence-electron chi connectivity index (χ2n) is 7.60. The van der Waals surface area contributed by atoms with E-state index in [0.717, 1.165) is 9.87 Å². The molecule has 3 aromatic rings. The summed E-state index contributed by atoms with van der Waals surface area (Å²) in [4.78, 5) is 25.0. The summed E-state index contributed by atoms with van der Waals surface area (Å²) >= 11 is 12.4. The fourth-order valence-corrected chi connectivity index (χ4v) is 5.09. The number of halogens is 2. The molecule has 1 N–H and O–H groups in total. The lowest BCUT2D eigenvalue weighted by atomic mass is 10.2. The van der Waals surface area contributed by atoms with E-state index in [0.29, 0.717) is 0 Å². The third-order valence-electron chi connectivity index (χ3n) is 5.06. The normalized spacial score (nSPS) is 11.0. The van der Waals surface area contributed by atoms with Gasteiger partial charge in [-0.15, -0.1) is 0 Å². The fraction of sp³-hybridized carbons (Fsp3) is 0.200. The summed E-state index contributed by atoms with van der Waals surface area (Å²) in [6.45, 7) is 3.11. The molecule has 0 heterocycles. The van der Waals surface area contributed by atoms with E-state index in [9.17, 15) is 18.0 Å². The molecule has 0 aliphatic rings. The van der Waals surface area contributed by atoms with E-state index in [4.69, 9.17) is 32.7 Å². The number of carbonyl (C=O) groups is 2. The Bertz CT molecular complexity index is 1380. The second kappa shape index (κ2) is 11.6. The average molecular weight is 551 g/mol. The number of esters is 1. The van der Waals surface area contributed by atoms with E-state index in [1.807, 2.05) is 6.92 Å². The molecule has 0 saturated carbocycles. The van der Waals surface area contributed by atoms with Gasteiger partial charge in [-0.1, -0.05) is 40.9 Å². The van der Waals surface area contributed by atoms with Crippen LogP contribution in [-0.2, 0) is 19.6 Å². The van der Waals surface area contributed by atoms with Crippen molar-refractivity contribution >= 4 is 56.5 Å². The number of nitrogens with zero attached hydrogens (tertiary/aromatic N) is 1. The van der Waals surface area contributed by atoms with Crippen LogP contribution in [0.15, 0.2) is 65.6 Å². The molecule has 0 fully saturated rings. The molecule has 0 unspecified atom stereocenters. The SMILES string of the molecule is CCOC(=O)c1ccc(NC(=O)CN(c2cc(Cl)ccc2OC)S(=O)(=O)c2ccc(C)cc2)c(Cl)c1. The van der Waals surface area contributed by atoms with E-state index in [1.54, 1.807) is 25.1 Å². The van der Waals surface area contributed by atoms with Crippen molar-refractivity contribution in [1.29, 1.82) is 0 Å². The summed E-state index contributed by atoms with van der Waals surface area (Å²) in [5, 5.41) is 2.93. The lowest BCUT2D eigenvalue weighted by Crippen LogP contribution is -2.38. The lowest BCUT2D eigenvalue weighted by molar-refractivity contribution is -0.114. The zero-order valence-corrected chi connectivity index (χ0v) is 22.1. The topological polar surface area (TPSA) is 102 Å². The smallest absolute Gasteiger partial charge is 0.338 e. The van der Waals surface area contributed by atoms with E-state index < -0.39 is 28.4 Å². The number of anilines is 2. The second-order valence-corrected chi connectivity index (χ2v) is 10.3. The molecule has 1 amide bonds. The molecule has 36 heavy (non-hydrogen) atoms. The zero-order chi connectivity index (χ0) is 26.5. The van der Waals surface area contributed by atoms with Crippen LogP contribution in [0.25, 0.3) is 0 Å². The van der Waals surface area contributed by atoms with Crippen LogP contribution in [0, 0.1) is 6.92 Å². The Labute approximate surface area is 219 Å². The van der Waals surface area contributed by atoms with Gasteiger partial charge < -0.3 is 14.8 Å². The molecule has 3 aromatic carbocycles. The number of methoxy groups -OCH3 is 1. The highest BCUT2D eigenvalue weighted by molar-refractivity contribution is 7.92. The zero-order valence-electron chi connectivity index (χ0n) is 19.7. The van der Waals surface area contributed by atoms with Crippen molar-refractivity contribution in [2.24, 2.45) is 0 Å². The highest BCUT2D eigenvalue weighted by Crippen LogP contribution is 2.35. The van der Waals surface area contributed by atoms with Gasteiger partial charge in [0.15, 0.2) is 0 Å². The molecule has 0 aliphatic heterocycles. The molecule has 0 atom stereocenters. The Morgan fingerprint density at radius 1 is 1.00 bits per heavy atom. The number of carbonyl (C=O) groups excluding carboxylic acids is 2. The number of aryl methyl sites for hydroxylation is 1. The van der Waals surface area contributed by atoms with E-state index in [-0.39, 0.29) is 44.2 Å². The minimum Gasteiger partial charge on any atom is -0.495 e. The van der Waals surface area contributed by atoms with Gasteiger partial charge in [0.05, 0.1) is 40.6 Å². The molecule has 0 aromatic heterocycles. The summed E-state index contributed by atoms with van der Waals surface area (Å²) in [6.07, 6.45) is 0.